The molecule has 1 N–H and O–H groups in total. The SMILES string of the molecule is CC(C)(COc1ccc(C(O)c2ccc(OC(F)F)c(OC(F)F)c2)cn1)c1ccc(F)cc1. The Morgan fingerprint density at radius 2 is 1.47 bits per heavy atom. The molecule has 0 fully saturated rings. The number of pyridine rings is 1. The van der Waals surface area contributed by atoms with Gasteiger partial charge in [0.15, 0.2) is 11.5 Å². The molecule has 0 saturated heterocycles. The quantitative estimate of drug-likeness (QED) is 0.366. The molecule has 1 atom stereocenters. The van der Waals surface area contributed by atoms with Gasteiger partial charge in [-0.05, 0) is 41.5 Å². The van der Waals surface area contributed by atoms with Gasteiger partial charge in [-0.2, -0.15) is 17.6 Å². The summed E-state index contributed by atoms with van der Waals surface area (Å²) < 4.78 is 77.6. The highest BCUT2D eigenvalue weighted by atomic mass is 19.3. The van der Waals surface area contributed by atoms with Gasteiger partial charge in [0.05, 0.1) is 6.61 Å². The van der Waals surface area contributed by atoms with Crippen molar-refractivity contribution in [3.05, 3.63) is 83.3 Å². The zero-order chi connectivity index (χ0) is 24.9. The molecule has 0 aliphatic carbocycles. The van der Waals surface area contributed by atoms with Crippen LogP contribution >= 0.6 is 0 Å². The number of benzene rings is 2. The van der Waals surface area contributed by atoms with Crippen LogP contribution in [0.25, 0.3) is 0 Å². The van der Waals surface area contributed by atoms with Gasteiger partial charge in [-0.25, -0.2) is 9.37 Å². The van der Waals surface area contributed by atoms with E-state index in [1.165, 1.54) is 36.5 Å². The Balaban J connectivity index is 1.70. The Bertz CT molecular complexity index is 1080. The number of rotatable bonds is 10. The summed E-state index contributed by atoms with van der Waals surface area (Å²) in [5.74, 6) is -1.28. The molecule has 0 spiro atoms. The van der Waals surface area contributed by atoms with Crippen molar-refractivity contribution in [1.29, 1.82) is 0 Å². The van der Waals surface area contributed by atoms with E-state index in [9.17, 15) is 27.1 Å². The highest BCUT2D eigenvalue weighted by Crippen LogP contribution is 2.35. The topological polar surface area (TPSA) is 60.8 Å². The second-order valence-electron chi connectivity index (χ2n) is 7.97. The summed E-state index contributed by atoms with van der Waals surface area (Å²) in [6.45, 7) is -2.41. The molecular weight excluding hydrogens is 461 g/mol. The molecule has 0 aliphatic rings. The Morgan fingerprint density at radius 1 is 0.853 bits per heavy atom. The third kappa shape index (κ3) is 6.57. The van der Waals surface area contributed by atoms with Gasteiger partial charge < -0.3 is 19.3 Å². The lowest BCUT2D eigenvalue weighted by Gasteiger charge is -2.25. The van der Waals surface area contributed by atoms with Crippen LogP contribution in [-0.4, -0.2) is 29.9 Å². The first-order chi connectivity index (χ1) is 16.0. The van der Waals surface area contributed by atoms with E-state index >= 15 is 0 Å². The standard InChI is InChI=1S/C24H22F5NO4/c1-24(2,16-5-7-17(25)8-6-16)13-32-20-10-4-15(12-30-20)21(31)14-3-9-18(33-22(26)27)19(11-14)34-23(28)29/h3-12,21-23,31H,13H2,1-2H3. The van der Waals surface area contributed by atoms with Crippen LogP contribution in [-0.2, 0) is 5.41 Å². The predicted octanol–water partition coefficient (Wildman–Crippen LogP) is 5.86. The molecule has 3 rings (SSSR count). The normalized spacial score (nSPS) is 12.6. The third-order valence-electron chi connectivity index (χ3n) is 5.00. The minimum absolute atomic E-state index is 0.102. The van der Waals surface area contributed by atoms with E-state index in [0.29, 0.717) is 5.56 Å². The van der Waals surface area contributed by atoms with Gasteiger partial charge >= 0.3 is 13.2 Å². The minimum atomic E-state index is -3.27. The largest absolute Gasteiger partial charge is 0.477 e. The lowest BCUT2D eigenvalue weighted by molar-refractivity contribution is -0.0693. The molecule has 10 heteroatoms. The van der Waals surface area contributed by atoms with Crippen molar-refractivity contribution >= 4 is 0 Å². The first kappa shape index (κ1) is 25.2. The van der Waals surface area contributed by atoms with Gasteiger partial charge in [-0.1, -0.05) is 32.0 Å². The first-order valence-electron chi connectivity index (χ1n) is 10.1. The molecule has 34 heavy (non-hydrogen) atoms. The smallest absolute Gasteiger partial charge is 0.387 e. The fraction of sp³-hybridized carbons (Fsp3) is 0.292. The number of aliphatic hydroxyl groups is 1. The average molecular weight is 483 g/mol. The molecule has 1 unspecified atom stereocenters. The monoisotopic (exact) mass is 483 g/mol. The fourth-order valence-corrected chi connectivity index (χ4v) is 3.15. The summed E-state index contributed by atoms with van der Waals surface area (Å²) in [6, 6.07) is 12.4. The summed E-state index contributed by atoms with van der Waals surface area (Å²) in [5, 5.41) is 10.6. The Hall–Kier alpha value is -3.40. The maximum absolute atomic E-state index is 13.2. The van der Waals surface area contributed by atoms with Gasteiger partial charge in [0.25, 0.3) is 0 Å². The molecule has 0 bridgehead atoms. The molecule has 1 aromatic heterocycles. The van der Waals surface area contributed by atoms with Crippen LogP contribution in [0, 0.1) is 5.82 Å². The van der Waals surface area contributed by atoms with Crippen LogP contribution in [0.5, 0.6) is 17.4 Å². The van der Waals surface area contributed by atoms with E-state index in [1.807, 2.05) is 13.8 Å². The molecular formula is C24H22F5NO4. The lowest BCUT2D eigenvalue weighted by Crippen LogP contribution is -2.26. The Labute approximate surface area is 192 Å². The van der Waals surface area contributed by atoms with E-state index in [0.717, 1.165) is 17.7 Å². The van der Waals surface area contributed by atoms with Gasteiger partial charge in [-0.15, -0.1) is 0 Å². The van der Waals surface area contributed by atoms with E-state index in [4.69, 9.17) is 4.74 Å². The predicted molar refractivity (Wildman–Crippen MR) is 113 cm³/mol. The molecule has 0 saturated carbocycles. The number of halogens is 5. The van der Waals surface area contributed by atoms with Crippen LogP contribution < -0.4 is 14.2 Å². The van der Waals surface area contributed by atoms with Crippen molar-refractivity contribution in [2.45, 2.75) is 38.6 Å². The van der Waals surface area contributed by atoms with Gasteiger partial charge in [0, 0.05) is 23.2 Å². The van der Waals surface area contributed by atoms with Crippen LogP contribution in [0.2, 0.25) is 0 Å². The Morgan fingerprint density at radius 3 is 2.06 bits per heavy atom. The highest BCUT2D eigenvalue weighted by molar-refractivity contribution is 5.45. The second kappa shape index (κ2) is 10.7. The summed E-state index contributed by atoms with van der Waals surface area (Å²) in [6.07, 6.45) is 0.0279. The van der Waals surface area contributed by atoms with Crippen LogP contribution in [0.15, 0.2) is 60.8 Å². The van der Waals surface area contributed by atoms with Crippen molar-refractivity contribution in [2.75, 3.05) is 6.61 Å². The van der Waals surface area contributed by atoms with Gasteiger partial charge in [-0.3, -0.25) is 0 Å². The van der Waals surface area contributed by atoms with E-state index < -0.39 is 36.2 Å². The van der Waals surface area contributed by atoms with E-state index in [1.54, 1.807) is 12.1 Å². The van der Waals surface area contributed by atoms with Gasteiger partial charge in [0.2, 0.25) is 5.88 Å². The maximum atomic E-state index is 13.2. The summed E-state index contributed by atoms with van der Waals surface area (Å²) in [4.78, 5) is 4.15. The number of nitrogens with zero attached hydrogens (tertiary/aromatic N) is 1. The molecule has 0 aliphatic heterocycles. The number of aliphatic hydroxyl groups excluding tert-OH is 1. The fourth-order valence-electron chi connectivity index (χ4n) is 3.15. The zero-order valence-corrected chi connectivity index (χ0v) is 18.2. The second-order valence-corrected chi connectivity index (χ2v) is 7.97. The lowest BCUT2D eigenvalue weighted by atomic mass is 9.85. The van der Waals surface area contributed by atoms with E-state index in [2.05, 4.69) is 14.5 Å². The summed E-state index contributed by atoms with van der Waals surface area (Å²) >= 11 is 0. The highest BCUT2D eigenvalue weighted by Gasteiger charge is 2.23. The third-order valence-corrected chi connectivity index (χ3v) is 5.00. The molecule has 3 aromatic rings. The Kier molecular flexibility index (Phi) is 7.93. The van der Waals surface area contributed by atoms with Crippen molar-refractivity contribution < 1.29 is 41.3 Å². The van der Waals surface area contributed by atoms with Crippen molar-refractivity contribution in [2.24, 2.45) is 0 Å². The van der Waals surface area contributed by atoms with Crippen molar-refractivity contribution in [1.82, 2.24) is 4.98 Å². The molecule has 1 heterocycles. The van der Waals surface area contributed by atoms with E-state index in [-0.39, 0.29) is 23.9 Å². The maximum Gasteiger partial charge on any atom is 0.387 e. The van der Waals surface area contributed by atoms with Crippen LogP contribution in [0.1, 0.15) is 36.6 Å². The van der Waals surface area contributed by atoms with Crippen LogP contribution in [0.3, 0.4) is 0 Å². The van der Waals surface area contributed by atoms with Crippen molar-refractivity contribution in [3.8, 4) is 17.4 Å². The molecule has 0 amide bonds. The zero-order valence-electron chi connectivity index (χ0n) is 18.2. The van der Waals surface area contributed by atoms with Crippen LogP contribution in [0.4, 0.5) is 22.0 Å². The van der Waals surface area contributed by atoms with Crippen molar-refractivity contribution in [3.63, 3.8) is 0 Å². The number of hydrogen-bond acceptors (Lipinski definition) is 5. The number of alkyl halides is 4. The number of ether oxygens (including phenoxy) is 3. The summed E-state index contributed by atoms with van der Waals surface area (Å²) in [5.41, 5.74) is 0.847. The number of hydrogen-bond donors (Lipinski definition) is 1. The molecule has 182 valence electrons. The average Bonchev–Trinajstić information content (AvgIpc) is 2.78. The number of aromatic nitrogens is 1. The minimum Gasteiger partial charge on any atom is -0.477 e. The molecule has 0 radical (unpaired) electrons. The van der Waals surface area contributed by atoms with Gasteiger partial charge in [0.1, 0.15) is 11.9 Å². The first-order valence-corrected chi connectivity index (χ1v) is 10.1. The molecule has 2 aromatic carbocycles. The molecule has 5 nitrogen and oxygen atoms in total. The summed E-state index contributed by atoms with van der Waals surface area (Å²) in [7, 11) is 0.